The summed E-state index contributed by atoms with van der Waals surface area (Å²) in [6.45, 7) is 2.69. The van der Waals surface area contributed by atoms with Gasteiger partial charge in [0, 0.05) is 6.42 Å². The van der Waals surface area contributed by atoms with Crippen LogP contribution in [0.5, 0.6) is 0 Å². The van der Waals surface area contributed by atoms with Crippen LogP contribution in [0.15, 0.2) is 30.3 Å². The lowest BCUT2D eigenvalue weighted by atomic mass is 10.1. The Morgan fingerprint density at radius 2 is 1.70 bits per heavy atom. The van der Waals surface area contributed by atoms with Gasteiger partial charge in [0.05, 0.1) is 6.42 Å². The molecular formula is C16H20N2O5. The van der Waals surface area contributed by atoms with Crippen molar-refractivity contribution in [1.29, 1.82) is 0 Å². The molecule has 0 saturated carbocycles. The minimum Gasteiger partial charge on any atom is -0.480 e. The number of hydrogen-bond acceptors (Lipinski definition) is 4. The first kappa shape index (κ1) is 18.3. The molecule has 0 unspecified atom stereocenters. The fourth-order valence-electron chi connectivity index (χ4n) is 1.93. The second kappa shape index (κ2) is 8.67. The molecular weight excluding hydrogens is 300 g/mol. The van der Waals surface area contributed by atoms with Crippen molar-refractivity contribution in [3.05, 3.63) is 35.9 Å². The quantitative estimate of drug-likeness (QED) is 0.596. The van der Waals surface area contributed by atoms with E-state index in [0.717, 1.165) is 5.56 Å². The average Bonchev–Trinajstić information content (AvgIpc) is 2.46. The highest BCUT2D eigenvalue weighted by Crippen LogP contribution is 2.04. The van der Waals surface area contributed by atoms with Gasteiger partial charge in [0.15, 0.2) is 0 Å². The number of amides is 2. The van der Waals surface area contributed by atoms with Crippen molar-refractivity contribution in [2.24, 2.45) is 0 Å². The summed E-state index contributed by atoms with van der Waals surface area (Å²) in [5.74, 6) is -2.67. The van der Waals surface area contributed by atoms with E-state index >= 15 is 0 Å². The van der Waals surface area contributed by atoms with Crippen LogP contribution in [0.4, 0.5) is 0 Å². The predicted molar refractivity (Wildman–Crippen MR) is 82.6 cm³/mol. The first-order valence-corrected chi connectivity index (χ1v) is 7.15. The summed E-state index contributed by atoms with van der Waals surface area (Å²) < 4.78 is 0. The Labute approximate surface area is 134 Å². The molecule has 0 aliphatic heterocycles. The van der Waals surface area contributed by atoms with Gasteiger partial charge in [0.25, 0.3) is 0 Å². The van der Waals surface area contributed by atoms with Crippen LogP contribution < -0.4 is 10.6 Å². The van der Waals surface area contributed by atoms with Crippen LogP contribution in [-0.4, -0.2) is 40.8 Å². The van der Waals surface area contributed by atoms with Gasteiger partial charge in [0.1, 0.15) is 17.9 Å². The van der Waals surface area contributed by atoms with E-state index in [4.69, 9.17) is 0 Å². The van der Waals surface area contributed by atoms with Gasteiger partial charge in [-0.3, -0.25) is 14.4 Å². The molecule has 0 spiro atoms. The van der Waals surface area contributed by atoms with Gasteiger partial charge in [-0.1, -0.05) is 30.3 Å². The first-order chi connectivity index (χ1) is 10.8. The Hall–Kier alpha value is -2.70. The number of ketones is 1. The number of carbonyl (C=O) groups excluding carboxylic acids is 3. The molecule has 3 N–H and O–H groups in total. The van der Waals surface area contributed by atoms with Gasteiger partial charge in [0.2, 0.25) is 11.8 Å². The lowest BCUT2D eigenvalue weighted by Crippen LogP contribution is -2.51. The molecule has 2 amide bonds. The van der Waals surface area contributed by atoms with Gasteiger partial charge in [-0.2, -0.15) is 0 Å². The van der Waals surface area contributed by atoms with Crippen molar-refractivity contribution < 1.29 is 24.3 Å². The van der Waals surface area contributed by atoms with Gasteiger partial charge in [-0.15, -0.1) is 0 Å². The van der Waals surface area contributed by atoms with E-state index in [1.54, 1.807) is 24.3 Å². The number of hydrogen-bond donors (Lipinski definition) is 3. The second-order valence-corrected chi connectivity index (χ2v) is 5.26. The molecule has 1 aromatic rings. The van der Waals surface area contributed by atoms with Crippen molar-refractivity contribution in [1.82, 2.24) is 10.6 Å². The van der Waals surface area contributed by atoms with Crippen molar-refractivity contribution in [3.8, 4) is 0 Å². The van der Waals surface area contributed by atoms with Crippen molar-refractivity contribution in [2.75, 3.05) is 0 Å². The molecule has 7 nitrogen and oxygen atoms in total. The first-order valence-electron chi connectivity index (χ1n) is 7.15. The third-order valence-corrected chi connectivity index (χ3v) is 3.08. The van der Waals surface area contributed by atoms with E-state index in [1.807, 2.05) is 6.07 Å². The van der Waals surface area contributed by atoms with Crippen LogP contribution in [0.2, 0.25) is 0 Å². The Bertz CT molecular complexity index is 585. The van der Waals surface area contributed by atoms with Crippen LogP contribution in [0.1, 0.15) is 25.8 Å². The second-order valence-electron chi connectivity index (χ2n) is 5.26. The molecule has 1 rings (SSSR count). The van der Waals surface area contributed by atoms with E-state index in [0.29, 0.717) is 0 Å². The zero-order valence-electron chi connectivity index (χ0n) is 13.0. The van der Waals surface area contributed by atoms with E-state index in [2.05, 4.69) is 10.6 Å². The summed E-state index contributed by atoms with van der Waals surface area (Å²) in [7, 11) is 0. The fraction of sp³-hybridized carbons (Fsp3) is 0.375. The van der Waals surface area contributed by atoms with Crippen molar-refractivity contribution >= 4 is 23.6 Å². The van der Waals surface area contributed by atoms with Gasteiger partial charge in [-0.05, 0) is 19.4 Å². The molecule has 0 radical (unpaired) electrons. The van der Waals surface area contributed by atoms with Gasteiger partial charge >= 0.3 is 5.97 Å². The fourth-order valence-corrected chi connectivity index (χ4v) is 1.93. The molecule has 0 heterocycles. The normalized spacial score (nSPS) is 12.8. The minimum atomic E-state index is -1.16. The van der Waals surface area contributed by atoms with Crippen LogP contribution in [-0.2, 0) is 25.6 Å². The number of benzene rings is 1. The highest BCUT2D eigenvalue weighted by atomic mass is 16.4. The molecule has 0 aliphatic rings. The number of aliphatic carboxylic acids is 1. The molecule has 0 aromatic heterocycles. The minimum absolute atomic E-state index is 0.135. The Balaban J connectivity index is 2.61. The van der Waals surface area contributed by atoms with Crippen molar-refractivity contribution in [3.63, 3.8) is 0 Å². The number of carbonyl (C=O) groups is 4. The van der Waals surface area contributed by atoms with E-state index < -0.39 is 29.9 Å². The molecule has 124 valence electrons. The predicted octanol–water partition coefficient (Wildman–Crippen LogP) is 0.282. The largest absolute Gasteiger partial charge is 0.480 e. The summed E-state index contributed by atoms with van der Waals surface area (Å²) in [5, 5.41) is 14.0. The van der Waals surface area contributed by atoms with E-state index in [1.165, 1.54) is 13.8 Å². The topological polar surface area (TPSA) is 113 Å². The molecule has 23 heavy (non-hydrogen) atoms. The Kier molecular flexibility index (Phi) is 6.92. The number of nitrogens with one attached hydrogen (secondary N) is 2. The van der Waals surface area contributed by atoms with Crippen LogP contribution >= 0.6 is 0 Å². The highest BCUT2D eigenvalue weighted by molar-refractivity contribution is 5.98. The van der Waals surface area contributed by atoms with E-state index in [9.17, 15) is 24.3 Å². The lowest BCUT2D eigenvalue weighted by molar-refractivity contribution is -0.142. The Morgan fingerprint density at radius 1 is 1.09 bits per heavy atom. The average molecular weight is 320 g/mol. The maximum absolute atomic E-state index is 12.0. The lowest BCUT2D eigenvalue weighted by Gasteiger charge is -2.18. The SMILES string of the molecule is CC(=O)CC(=O)N[C@@H](C)C(=O)N[C@H](Cc1ccccc1)C(=O)O. The van der Waals surface area contributed by atoms with Gasteiger partial charge < -0.3 is 15.7 Å². The maximum atomic E-state index is 12.0. The molecule has 0 bridgehead atoms. The number of carboxylic acid groups (broad SMARTS) is 1. The molecule has 0 aliphatic carbocycles. The van der Waals surface area contributed by atoms with Crippen LogP contribution in [0, 0.1) is 0 Å². The summed E-state index contributed by atoms with van der Waals surface area (Å²) in [5.41, 5.74) is 0.772. The summed E-state index contributed by atoms with van der Waals surface area (Å²) in [4.78, 5) is 45.6. The summed E-state index contributed by atoms with van der Waals surface area (Å²) in [6, 6.07) is 6.86. The number of Topliss-reactive ketones (excluding diaryl/α,β-unsaturated/α-hetero) is 1. The number of rotatable bonds is 8. The molecule has 0 fully saturated rings. The molecule has 2 atom stereocenters. The summed E-state index contributed by atoms with van der Waals surface area (Å²) in [6.07, 6.45) is -0.181. The maximum Gasteiger partial charge on any atom is 0.326 e. The van der Waals surface area contributed by atoms with Crippen LogP contribution in [0.3, 0.4) is 0 Å². The third-order valence-electron chi connectivity index (χ3n) is 3.08. The molecule has 1 aromatic carbocycles. The molecule has 0 saturated heterocycles. The zero-order chi connectivity index (χ0) is 17.4. The van der Waals surface area contributed by atoms with Crippen molar-refractivity contribution in [2.45, 2.75) is 38.8 Å². The molecule has 7 heteroatoms. The Morgan fingerprint density at radius 3 is 2.22 bits per heavy atom. The summed E-state index contributed by atoms with van der Waals surface area (Å²) >= 11 is 0. The van der Waals surface area contributed by atoms with Gasteiger partial charge in [-0.25, -0.2) is 4.79 Å². The highest BCUT2D eigenvalue weighted by Gasteiger charge is 2.24. The standard InChI is InChI=1S/C16H20N2O5/c1-10(19)8-14(20)17-11(2)15(21)18-13(16(22)23)9-12-6-4-3-5-7-12/h3-7,11,13H,8-9H2,1-2H3,(H,17,20)(H,18,21)(H,22,23)/t11-,13+/m0/s1. The van der Waals surface area contributed by atoms with Crippen LogP contribution in [0.25, 0.3) is 0 Å². The monoisotopic (exact) mass is 320 g/mol. The zero-order valence-corrected chi connectivity index (χ0v) is 13.0. The van der Waals surface area contributed by atoms with E-state index in [-0.39, 0.29) is 18.6 Å². The third kappa shape index (κ3) is 6.73. The number of carboxylic acids is 1. The smallest absolute Gasteiger partial charge is 0.326 e.